The molecule has 1 aliphatic rings. The van der Waals surface area contributed by atoms with Crippen molar-refractivity contribution in [1.82, 2.24) is 4.98 Å². The van der Waals surface area contributed by atoms with Gasteiger partial charge in [0.05, 0.1) is 5.69 Å². The molecule has 118 valence electrons. The van der Waals surface area contributed by atoms with Crippen LogP contribution in [0.5, 0.6) is 0 Å². The van der Waals surface area contributed by atoms with E-state index in [2.05, 4.69) is 66.3 Å². The van der Waals surface area contributed by atoms with Crippen LogP contribution in [-0.2, 0) is 5.41 Å². The average Bonchev–Trinajstić information content (AvgIpc) is 3.24. The Kier molecular flexibility index (Phi) is 3.46. The van der Waals surface area contributed by atoms with Gasteiger partial charge in [-0.1, -0.05) is 61.5 Å². The van der Waals surface area contributed by atoms with Gasteiger partial charge in [0.2, 0.25) is 0 Å². The van der Waals surface area contributed by atoms with Crippen molar-refractivity contribution in [1.29, 1.82) is 0 Å². The van der Waals surface area contributed by atoms with E-state index in [1.807, 2.05) is 30.5 Å². The molecular weight excluding hydrogens is 292 g/mol. The summed E-state index contributed by atoms with van der Waals surface area (Å²) in [5.41, 5.74) is 7.02. The molecule has 1 N–H and O–H groups in total. The van der Waals surface area contributed by atoms with Crippen LogP contribution in [0.4, 0.5) is 11.4 Å². The monoisotopic (exact) mass is 312 g/mol. The van der Waals surface area contributed by atoms with Crippen LogP contribution in [0.2, 0.25) is 0 Å². The van der Waals surface area contributed by atoms with E-state index in [9.17, 15) is 0 Å². The number of rotatable bonds is 4. The number of pyridine rings is 1. The topological polar surface area (TPSA) is 24.9 Å². The molecule has 1 unspecified atom stereocenters. The maximum absolute atomic E-state index is 4.61. The Morgan fingerprint density at radius 1 is 0.958 bits per heavy atom. The van der Waals surface area contributed by atoms with Gasteiger partial charge in [-0.25, -0.2) is 0 Å². The molecule has 1 aliphatic carbocycles. The number of benzene rings is 2. The molecule has 1 aromatic heterocycles. The van der Waals surface area contributed by atoms with Gasteiger partial charge in [0, 0.05) is 28.6 Å². The van der Waals surface area contributed by atoms with Crippen molar-refractivity contribution < 1.29 is 0 Å². The molecule has 0 amide bonds. The van der Waals surface area contributed by atoms with Crippen LogP contribution >= 0.6 is 0 Å². The summed E-state index contributed by atoms with van der Waals surface area (Å²) in [6.45, 7) is 6.44. The molecule has 1 heterocycles. The number of nitrogens with zero attached hydrogens (tertiary/aromatic N) is 1. The smallest absolute Gasteiger partial charge is 0.0725 e. The zero-order valence-corrected chi connectivity index (χ0v) is 13.8. The number of hydrogen-bond acceptors (Lipinski definition) is 2. The number of nitrogens with one attached hydrogen (secondary N) is 1. The van der Waals surface area contributed by atoms with Crippen LogP contribution in [0.1, 0.15) is 18.9 Å². The van der Waals surface area contributed by atoms with Gasteiger partial charge in [-0.05, 0) is 36.2 Å². The van der Waals surface area contributed by atoms with Crippen LogP contribution in [0.3, 0.4) is 0 Å². The third kappa shape index (κ3) is 2.61. The van der Waals surface area contributed by atoms with E-state index in [1.165, 1.54) is 16.7 Å². The molecule has 4 rings (SSSR count). The first kappa shape index (κ1) is 14.7. The lowest BCUT2D eigenvalue weighted by atomic mass is 9.90. The second-order valence-electron chi connectivity index (χ2n) is 6.58. The highest BCUT2D eigenvalue weighted by atomic mass is 14.9. The lowest BCUT2D eigenvalue weighted by Crippen LogP contribution is -2.03. The lowest BCUT2D eigenvalue weighted by Gasteiger charge is -2.15. The van der Waals surface area contributed by atoms with Gasteiger partial charge in [0.1, 0.15) is 0 Å². The van der Waals surface area contributed by atoms with Gasteiger partial charge >= 0.3 is 0 Å². The molecule has 24 heavy (non-hydrogen) atoms. The molecule has 0 radical (unpaired) electrons. The highest BCUT2D eigenvalue weighted by Crippen LogP contribution is 2.54. The first-order valence-corrected chi connectivity index (χ1v) is 8.23. The minimum absolute atomic E-state index is 0.0983. The zero-order chi connectivity index (χ0) is 16.6. The Bertz CT molecular complexity index is 899. The highest BCUT2D eigenvalue weighted by Gasteiger charge is 2.45. The van der Waals surface area contributed by atoms with Gasteiger partial charge < -0.3 is 5.32 Å². The van der Waals surface area contributed by atoms with E-state index in [0.29, 0.717) is 0 Å². The molecular formula is C22H20N2. The molecule has 1 fully saturated rings. The van der Waals surface area contributed by atoms with Gasteiger partial charge in [0.25, 0.3) is 0 Å². The van der Waals surface area contributed by atoms with Crippen molar-refractivity contribution in [2.24, 2.45) is 0 Å². The number of hydrogen-bond donors (Lipinski definition) is 1. The lowest BCUT2D eigenvalue weighted by molar-refractivity contribution is 0.823. The summed E-state index contributed by atoms with van der Waals surface area (Å²) in [6.07, 6.45) is 2.92. The van der Waals surface area contributed by atoms with Crippen LogP contribution in [0.15, 0.2) is 85.1 Å². The Hall–Kier alpha value is -2.87. The standard InChI is InChI=1S/C22H20N2/c1-16-15-22(16,2)20-11-7-6-10-19(20)21-14-18(12-13-23-21)24-17-8-4-3-5-9-17/h3-14H,1,15H2,2H3,(H,23,24). The first-order valence-electron chi connectivity index (χ1n) is 8.23. The predicted molar refractivity (Wildman–Crippen MR) is 101 cm³/mol. The van der Waals surface area contributed by atoms with Gasteiger partial charge in [-0.15, -0.1) is 0 Å². The summed E-state index contributed by atoms with van der Waals surface area (Å²) >= 11 is 0. The van der Waals surface area contributed by atoms with Crippen molar-refractivity contribution in [3.8, 4) is 11.3 Å². The predicted octanol–water partition coefficient (Wildman–Crippen LogP) is 5.71. The third-order valence-corrected chi connectivity index (χ3v) is 4.84. The third-order valence-electron chi connectivity index (χ3n) is 4.84. The van der Waals surface area contributed by atoms with Crippen LogP contribution < -0.4 is 5.32 Å². The van der Waals surface area contributed by atoms with Gasteiger partial charge in [-0.2, -0.15) is 0 Å². The van der Waals surface area contributed by atoms with E-state index in [-0.39, 0.29) is 5.41 Å². The fourth-order valence-corrected chi connectivity index (χ4v) is 3.20. The maximum Gasteiger partial charge on any atom is 0.0725 e. The normalized spacial score (nSPS) is 19.1. The summed E-state index contributed by atoms with van der Waals surface area (Å²) in [4.78, 5) is 4.61. The quantitative estimate of drug-likeness (QED) is 0.624. The SMILES string of the molecule is C=C1CC1(C)c1ccccc1-c1cc(Nc2ccccc2)ccn1. The second kappa shape index (κ2) is 5.64. The Labute approximate surface area is 142 Å². The molecule has 0 spiro atoms. The van der Waals surface area contributed by atoms with Crippen LogP contribution in [-0.4, -0.2) is 4.98 Å². The second-order valence-corrected chi connectivity index (χ2v) is 6.58. The minimum Gasteiger partial charge on any atom is -0.355 e. The maximum atomic E-state index is 4.61. The molecule has 0 saturated heterocycles. The number of aromatic nitrogens is 1. The van der Waals surface area contributed by atoms with Crippen molar-refractivity contribution >= 4 is 11.4 Å². The van der Waals surface area contributed by atoms with Crippen molar-refractivity contribution in [2.75, 3.05) is 5.32 Å². The van der Waals surface area contributed by atoms with E-state index < -0.39 is 0 Å². The average molecular weight is 312 g/mol. The van der Waals surface area contributed by atoms with Gasteiger partial charge in [-0.3, -0.25) is 4.98 Å². The Balaban J connectivity index is 1.71. The fourth-order valence-electron chi connectivity index (χ4n) is 3.20. The molecule has 1 saturated carbocycles. The van der Waals surface area contributed by atoms with E-state index >= 15 is 0 Å². The van der Waals surface area contributed by atoms with Crippen molar-refractivity contribution in [3.05, 3.63) is 90.6 Å². The number of allylic oxidation sites excluding steroid dienone is 1. The fraction of sp³-hybridized carbons (Fsp3) is 0.136. The Morgan fingerprint density at radius 2 is 1.67 bits per heavy atom. The van der Waals surface area contributed by atoms with Crippen LogP contribution in [0.25, 0.3) is 11.3 Å². The summed E-state index contributed by atoms with van der Waals surface area (Å²) in [7, 11) is 0. The van der Waals surface area contributed by atoms with E-state index in [1.54, 1.807) is 0 Å². The van der Waals surface area contributed by atoms with Crippen LogP contribution in [0, 0.1) is 0 Å². The number of para-hydroxylation sites is 1. The highest BCUT2D eigenvalue weighted by molar-refractivity contribution is 5.73. The summed E-state index contributed by atoms with van der Waals surface area (Å²) in [5, 5.41) is 3.44. The van der Waals surface area contributed by atoms with Crippen molar-refractivity contribution in [2.45, 2.75) is 18.8 Å². The molecule has 2 heteroatoms. The minimum atomic E-state index is 0.0983. The summed E-state index contributed by atoms with van der Waals surface area (Å²) < 4.78 is 0. The summed E-state index contributed by atoms with van der Waals surface area (Å²) in [5.74, 6) is 0. The van der Waals surface area contributed by atoms with Crippen molar-refractivity contribution in [3.63, 3.8) is 0 Å². The molecule has 1 atom stereocenters. The largest absolute Gasteiger partial charge is 0.355 e. The van der Waals surface area contributed by atoms with Gasteiger partial charge in [0.15, 0.2) is 0 Å². The van der Waals surface area contributed by atoms with E-state index in [0.717, 1.165) is 23.5 Å². The summed E-state index contributed by atoms with van der Waals surface area (Å²) in [6, 6.07) is 22.8. The number of anilines is 2. The molecule has 3 aromatic rings. The zero-order valence-electron chi connectivity index (χ0n) is 13.8. The molecule has 2 aromatic carbocycles. The van der Waals surface area contributed by atoms with E-state index in [4.69, 9.17) is 0 Å². The first-order chi connectivity index (χ1) is 11.7. The molecule has 0 bridgehead atoms. The molecule has 2 nitrogen and oxygen atoms in total. The molecule has 0 aliphatic heterocycles. The Morgan fingerprint density at radius 3 is 2.42 bits per heavy atom.